The third-order valence-electron chi connectivity index (χ3n) is 3.54. The number of hydrogen-bond donors (Lipinski definition) is 2. The highest BCUT2D eigenvalue weighted by molar-refractivity contribution is 5.88. The summed E-state index contributed by atoms with van der Waals surface area (Å²) in [5.74, 6) is 0.521. The topological polar surface area (TPSA) is 74.7 Å². The summed E-state index contributed by atoms with van der Waals surface area (Å²) in [7, 11) is 0. The van der Waals surface area contributed by atoms with Gasteiger partial charge >= 0.3 is 5.97 Å². The second-order valence-corrected chi connectivity index (χ2v) is 4.96. The van der Waals surface area contributed by atoms with Crippen molar-refractivity contribution < 1.29 is 14.6 Å². The number of aromatic nitrogens is 1. The van der Waals surface area contributed by atoms with Gasteiger partial charge in [-0.1, -0.05) is 6.07 Å². The van der Waals surface area contributed by atoms with Crippen LogP contribution < -0.4 is 15.0 Å². The normalized spacial score (nSPS) is 12.7. The van der Waals surface area contributed by atoms with Gasteiger partial charge in [-0.25, -0.2) is 9.78 Å². The monoisotopic (exact) mass is 299 g/mol. The van der Waals surface area contributed by atoms with E-state index >= 15 is 0 Å². The summed E-state index contributed by atoms with van der Waals surface area (Å²) in [6.45, 7) is 3.67. The van der Waals surface area contributed by atoms with Crippen molar-refractivity contribution in [1.29, 1.82) is 0 Å². The summed E-state index contributed by atoms with van der Waals surface area (Å²) in [6, 6.07) is 8.90. The van der Waals surface area contributed by atoms with Gasteiger partial charge < -0.3 is 20.1 Å². The molecule has 1 aromatic carbocycles. The Bertz CT molecular complexity index is 703. The number of aromatic carboxylic acids is 1. The molecule has 0 fully saturated rings. The predicted octanol–water partition coefficient (Wildman–Crippen LogP) is 2.57. The SMILES string of the molecule is CCOc1cc(C(=O)O)ccc1CN1CNc2ncccc21. The van der Waals surface area contributed by atoms with E-state index in [9.17, 15) is 4.79 Å². The number of anilines is 2. The summed E-state index contributed by atoms with van der Waals surface area (Å²) >= 11 is 0. The van der Waals surface area contributed by atoms with E-state index in [4.69, 9.17) is 9.84 Å². The lowest BCUT2D eigenvalue weighted by Crippen LogP contribution is -2.22. The number of benzene rings is 1. The molecular formula is C16H17N3O3. The largest absolute Gasteiger partial charge is 0.494 e. The van der Waals surface area contributed by atoms with Gasteiger partial charge in [0.2, 0.25) is 0 Å². The number of nitrogens with one attached hydrogen (secondary N) is 1. The maximum Gasteiger partial charge on any atom is 0.335 e. The first-order chi connectivity index (χ1) is 10.7. The van der Waals surface area contributed by atoms with Crippen LogP contribution in [0.15, 0.2) is 36.5 Å². The third-order valence-corrected chi connectivity index (χ3v) is 3.54. The lowest BCUT2D eigenvalue weighted by Gasteiger charge is -2.20. The number of ether oxygens (including phenoxy) is 1. The Balaban J connectivity index is 1.88. The molecule has 6 heteroatoms. The molecule has 0 saturated heterocycles. The maximum absolute atomic E-state index is 11.1. The average Bonchev–Trinajstić information content (AvgIpc) is 2.92. The van der Waals surface area contributed by atoms with Crippen molar-refractivity contribution in [1.82, 2.24) is 4.98 Å². The fraction of sp³-hybridized carbons (Fsp3) is 0.250. The summed E-state index contributed by atoms with van der Waals surface area (Å²) < 4.78 is 5.60. The number of carbonyl (C=O) groups is 1. The van der Waals surface area contributed by atoms with Gasteiger partial charge in [-0.05, 0) is 31.2 Å². The van der Waals surface area contributed by atoms with Gasteiger partial charge in [0.15, 0.2) is 5.82 Å². The summed E-state index contributed by atoms with van der Waals surface area (Å²) in [4.78, 5) is 17.5. The Labute approximate surface area is 128 Å². The van der Waals surface area contributed by atoms with Crippen LogP contribution in [-0.2, 0) is 6.54 Å². The van der Waals surface area contributed by atoms with Crippen LogP contribution in [0.4, 0.5) is 11.5 Å². The van der Waals surface area contributed by atoms with Crippen molar-refractivity contribution in [2.75, 3.05) is 23.5 Å². The van der Waals surface area contributed by atoms with E-state index in [2.05, 4.69) is 15.2 Å². The van der Waals surface area contributed by atoms with E-state index in [0.717, 1.165) is 17.1 Å². The Morgan fingerprint density at radius 3 is 3.09 bits per heavy atom. The third kappa shape index (κ3) is 2.67. The van der Waals surface area contributed by atoms with Crippen molar-refractivity contribution in [3.05, 3.63) is 47.7 Å². The molecule has 22 heavy (non-hydrogen) atoms. The van der Waals surface area contributed by atoms with Gasteiger partial charge in [0.1, 0.15) is 5.75 Å². The number of carboxylic acid groups (broad SMARTS) is 1. The lowest BCUT2D eigenvalue weighted by atomic mass is 10.1. The molecule has 0 amide bonds. The highest BCUT2D eigenvalue weighted by Crippen LogP contribution is 2.31. The quantitative estimate of drug-likeness (QED) is 0.884. The van der Waals surface area contributed by atoms with Crippen molar-refractivity contribution >= 4 is 17.5 Å². The van der Waals surface area contributed by atoms with E-state index in [0.29, 0.717) is 25.6 Å². The average molecular weight is 299 g/mol. The molecule has 114 valence electrons. The van der Waals surface area contributed by atoms with Gasteiger partial charge in [-0.15, -0.1) is 0 Å². The first kappa shape index (κ1) is 14.2. The molecule has 1 aliphatic rings. The molecule has 3 rings (SSSR count). The smallest absolute Gasteiger partial charge is 0.335 e. The molecule has 2 heterocycles. The molecule has 0 radical (unpaired) electrons. The van der Waals surface area contributed by atoms with E-state index < -0.39 is 5.97 Å². The summed E-state index contributed by atoms with van der Waals surface area (Å²) in [5, 5.41) is 12.3. The van der Waals surface area contributed by atoms with Crippen LogP contribution in [0.3, 0.4) is 0 Å². The molecule has 0 saturated carbocycles. The van der Waals surface area contributed by atoms with Gasteiger partial charge in [-0.2, -0.15) is 0 Å². The molecule has 2 N–H and O–H groups in total. The second kappa shape index (κ2) is 5.93. The van der Waals surface area contributed by atoms with Gasteiger partial charge in [0, 0.05) is 18.3 Å². The minimum Gasteiger partial charge on any atom is -0.494 e. The number of carboxylic acids is 1. The van der Waals surface area contributed by atoms with Crippen molar-refractivity contribution in [2.24, 2.45) is 0 Å². The molecule has 6 nitrogen and oxygen atoms in total. The molecule has 1 aliphatic heterocycles. The molecule has 1 aromatic heterocycles. The zero-order valence-corrected chi connectivity index (χ0v) is 12.2. The number of hydrogen-bond acceptors (Lipinski definition) is 5. The zero-order valence-electron chi connectivity index (χ0n) is 12.2. The van der Waals surface area contributed by atoms with E-state index in [1.54, 1.807) is 18.3 Å². The van der Waals surface area contributed by atoms with Crippen LogP contribution >= 0.6 is 0 Å². The summed E-state index contributed by atoms with van der Waals surface area (Å²) in [6.07, 6.45) is 1.75. The number of fused-ring (bicyclic) bond motifs is 1. The van der Waals surface area contributed by atoms with E-state index in [1.807, 2.05) is 25.1 Å². The molecule has 0 aliphatic carbocycles. The van der Waals surface area contributed by atoms with Gasteiger partial charge in [-0.3, -0.25) is 0 Å². The Morgan fingerprint density at radius 1 is 1.45 bits per heavy atom. The first-order valence-corrected chi connectivity index (χ1v) is 7.12. The molecule has 0 atom stereocenters. The van der Waals surface area contributed by atoms with E-state index in [1.165, 1.54) is 0 Å². The minimum absolute atomic E-state index is 0.230. The van der Waals surface area contributed by atoms with Crippen LogP contribution in [0.25, 0.3) is 0 Å². The van der Waals surface area contributed by atoms with Crippen LogP contribution in [0.1, 0.15) is 22.8 Å². The molecular weight excluding hydrogens is 282 g/mol. The van der Waals surface area contributed by atoms with Gasteiger partial charge in [0.05, 0.1) is 24.5 Å². The predicted molar refractivity (Wildman–Crippen MR) is 83.5 cm³/mol. The van der Waals surface area contributed by atoms with Crippen LogP contribution in [-0.4, -0.2) is 29.3 Å². The van der Waals surface area contributed by atoms with Crippen LogP contribution in [0.5, 0.6) is 5.75 Å². The van der Waals surface area contributed by atoms with Crippen LogP contribution in [0, 0.1) is 0 Å². The number of pyridine rings is 1. The van der Waals surface area contributed by atoms with Crippen molar-refractivity contribution in [3.63, 3.8) is 0 Å². The van der Waals surface area contributed by atoms with Gasteiger partial charge in [0.25, 0.3) is 0 Å². The number of nitrogens with zero attached hydrogens (tertiary/aromatic N) is 2. The Hall–Kier alpha value is -2.76. The highest BCUT2D eigenvalue weighted by Gasteiger charge is 2.20. The maximum atomic E-state index is 11.1. The minimum atomic E-state index is -0.954. The lowest BCUT2D eigenvalue weighted by molar-refractivity contribution is 0.0696. The van der Waals surface area contributed by atoms with Crippen LogP contribution in [0.2, 0.25) is 0 Å². The Kier molecular flexibility index (Phi) is 3.82. The second-order valence-electron chi connectivity index (χ2n) is 4.96. The zero-order chi connectivity index (χ0) is 15.5. The molecule has 0 spiro atoms. The van der Waals surface area contributed by atoms with Crippen molar-refractivity contribution in [3.8, 4) is 5.75 Å². The molecule has 0 unspecified atom stereocenters. The highest BCUT2D eigenvalue weighted by atomic mass is 16.5. The Morgan fingerprint density at radius 2 is 2.32 bits per heavy atom. The van der Waals surface area contributed by atoms with E-state index in [-0.39, 0.29) is 5.56 Å². The standard InChI is InChI=1S/C16H17N3O3/c1-2-22-14-8-11(16(20)21)5-6-12(14)9-19-10-18-15-13(19)4-3-7-17-15/h3-8H,2,9-10H2,1H3,(H,17,18)(H,20,21). The summed E-state index contributed by atoms with van der Waals surface area (Å²) in [5.41, 5.74) is 2.21. The molecule has 2 aromatic rings. The number of rotatable bonds is 5. The fourth-order valence-electron chi connectivity index (χ4n) is 2.50. The van der Waals surface area contributed by atoms with Crippen molar-refractivity contribution in [2.45, 2.75) is 13.5 Å². The fourth-order valence-corrected chi connectivity index (χ4v) is 2.50. The molecule has 0 bridgehead atoms. The first-order valence-electron chi connectivity index (χ1n) is 7.12.